The highest BCUT2D eigenvalue weighted by Crippen LogP contribution is 2.41. The number of pyridine rings is 1. The van der Waals surface area contributed by atoms with Crippen LogP contribution in [0.4, 0.5) is 0 Å². The number of methoxy groups -OCH3 is 1. The predicted molar refractivity (Wildman–Crippen MR) is 69.9 cm³/mol. The van der Waals surface area contributed by atoms with Gasteiger partial charge in [0.25, 0.3) is 0 Å². The summed E-state index contributed by atoms with van der Waals surface area (Å²) in [5, 5.41) is 2.32. The zero-order valence-electron chi connectivity index (χ0n) is 11.6. The van der Waals surface area contributed by atoms with Crippen molar-refractivity contribution < 1.29 is 19.1 Å². The maximum Gasteiger partial charge on any atom is 0.356 e. The number of nitrogens with zero attached hydrogens (tertiary/aromatic N) is 1. The van der Waals surface area contributed by atoms with E-state index in [9.17, 15) is 14.4 Å². The van der Waals surface area contributed by atoms with Crippen molar-refractivity contribution >= 4 is 17.8 Å². The summed E-state index contributed by atoms with van der Waals surface area (Å²) in [7, 11) is 1.29. The number of carbonyl (C=O) groups excluding carboxylic acids is 3. The molecule has 1 aliphatic rings. The molecule has 20 heavy (non-hydrogen) atoms. The molecule has 0 spiro atoms. The van der Waals surface area contributed by atoms with E-state index in [0.29, 0.717) is 0 Å². The van der Waals surface area contributed by atoms with Gasteiger partial charge >= 0.3 is 5.97 Å². The first-order valence-corrected chi connectivity index (χ1v) is 6.27. The van der Waals surface area contributed by atoms with Gasteiger partial charge in [0.05, 0.1) is 12.5 Å². The minimum atomic E-state index is -0.786. The van der Waals surface area contributed by atoms with Crippen molar-refractivity contribution in [3.05, 3.63) is 29.6 Å². The van der Waals surface area contributed by atoms with E-state index in [1.165, 1.54) is 13.3 Å². The molecule has 6 nitrogen and oxygen atoms in total. The normalized spacial score (nSPS) is 23.4. The second kappa shape index (κ2) is 5.03. The van der Waals surface area contributed by atoms with E-state index >= 15 is 0 Å². The number of imide groups is 1. The quantitative estimate of drug-likeness (QED) is 0.658. The summed E-state index contributed by atoms with van der Waals surface area (Å²) in [6.45, 7) is 3.62. The molecular weight excluding hydrogens is 260 g/mol. The van der Waals surface area contributed by atoms with E-state index in [1.807, 2.05) is 6.92 Å². The third kappa shape index (κ3) is 2.29. The molecule has 6 heteroatoms. The standard InChI is InChI=1S/C14H16N2O4/c1-8(14(2)6-11(17)16-13(14)19)9-4-5-10(15-7-9)12(18)20-3/h4-5,7-8H,6H2,1-3H3,(H,16,17,19)/t8-,14+/m1/s1. The van der Waals surface area contributed by atoms with Gasteiger partial charge in [0.15, 0.2) is 0 Å². The molecule has 0 aromatic carbocycles. The first-order valence-electron chi connectivity index (χ1n) is 6.27. The summed E-state index contributed by atoms with van der Waals surface area (Å²) in [6, 6.07) is 3.28. The Hall–Kier alpha value is -2.24. The second-order valence-electron chi connectivity index (χ2n) is 5.16. The number of carbonyl (C=O) groups is 3. The van der Waals surface area contributed by atoms with E-state index in [2.05, 4.69) is 15.0 Å². The van der Waals surface area contributed by atoms with Crippen LogP contribution in [0.25, 0.3) is 0 Å². The van der Waals surface area contributed by atoms with Gasteiger partial charge in [-0.05, 0) is 24.5 Å². The average Bonchev–Trinajstić information content (AvgIpc) is 2.71. The summed E-state index contributed by atoms with van der Waals surface area (Å²) < 4.78 is 4.58. The van der Waals surface area contributed by atoms with E-state index in [1.54, 1.807) is 19.1 Å². The Labute approximate surface area is 116 Å². The highest BCUT2D eigenvalue weighted by Gasteiger charge is 2.47. The molecule has 0 unspecified atom stereocenters. The lowest BCUT2D eigenvalue weighted by molar-refractivity contribution is -0.128. The Morgan fingerprint density at radius 3 is 2.60 bits per heavy atom. The lowest BCUT2D eigenvalue weighted by Gasteiger charge is -2.27. The van der Waals surface area contributed by atoms with Crippen molar-refractivity contribution in [3.63, 3.8) is 0 Å². The van der Waals surface area contributed by atoms with Gasteiger partial charge in [-0.15, -0.1) is 0 Å². The van der Waals surface area contributed by atoms with Crippen LogP contribution in [0, 0.1) is 5.41 Å². The number of rotatable bonds is 3. The monoisotopic (exact) mass is 276 g/mol. The maximum absolute atomic E-state index is 11.9. The molecule has 1 aromatic rings. The molecule has 0 radical (unpaired) electrons. The van der Waals surface area contributed by atoms with E-state index in [4.69, 9.17) is 0 Å². The van der Waals surface area contributed by atoms with Crippen molar-refractivity contribution in [2.75, 3.05) is 7.11 Å². The largest absolute Gasteiger partial charge is 0.464 e. The number of hydrogen-bond donors (Lipinski definition) is 1. The molecule has 1 fully saturated rings. The molecule has 2 atom stereocenters. The summed E-state index contributed by atoms with van der Waals surface area (Å²) in [6.07, 6.45) is 1.70. The first kappa shape index (κ1) is 14.2. The Bertz CT molecular complexity index is 567. The summed E-state index contributed by atoms with van der Waals surface area (Å²) in [4.78, 5) is 38.6. The fourth-order valence-electron chi connectivity index (χ4n) is 2.33. The summed E-state index contributed by atoms with van der Waals surface area (Å²) >= 11 is 0. The van der Waals surface area contributed by atoms with E-state index in [-0.39, 0.29) is 29.8 Å². The van der Waals surface area contributed by atoms with Crippen molar-refractivity contribution in [3.8, 4) is 0 Å². The van der Waals surface area contributed by atoms with E-state index in [0.717, 1.165) is 5.56 Å². The molecule has 1 saturated heterocycles. The highest BCUT2D eigenvalue weighted by molar-refractivity contribution is 6.06. The van der Waals surface area contributed by atoms with Gasteiger partial charge in [-0.2, -0.15) is 0 Å². The van der Waals surface area contributed by atoms with Crippen LogP contribution in [-0.4, -0.2) is 29.9 Å². The molecule has 0 bridgehead atoms. The molecule has 0 aliphatic carbocycles. The van der Waals surface area contributed by atoms with Gasteiger partial charge in [-0.3, -0.25) is 14.9 Å². The van der Waals surface area contributed by atoms with Gasteiger partial charge < -0.3 is 4.74 Å². The van der Waals surface area contributed by atoms with Gasteiger partial charge in [0.1, 0.15) is 5.69 Å². The van der Waals surface area contributed by atoms with Gasteiger partial charge in [0.2, 0.25) is 11.8 Å². The number of nitrogens with one attached hydrogen (secondary N) is 1. The lowest BCUT2D eigenvalue weighted by Crippen LogP contribution is -2.33. The van der Waals surface area contributed by atoms with Gasteiger partial charge in [-0.25, -0.2) is 9.78 Å². The molecule has 2 rings (SSSR count). The zero-order valence-corrected chi connectivity index (χ0v) is 11.6. The Kier molecular flexibility index (Phi) is 3.57. The average molecular weight is 276 g/mol. The molecule has 2 amide bonds. The van der Waals surface area contributed by atoms with Crippen LogP contribution in [0.1, 0.15) is 42.2 Å². The number of aromatic nitrogens is 1. The number of amides is 2. The van der Waals surface area contributed by atoms with Crippen LogP contribution in [0.5, 0.6) is 0 Å². The van der Waals surface area contributed by atoms with Crippen LogP contribution in [0.3, 0.4) is 0 Å². The lowest BCUT2D eigenvalue weighted by atomic mass is 9.73. The third-order valence-corrected chi connectivity index (χ3v) is 3.94. The van der Waals surface area contributed by atoms with E-state index < -0.39 is 11.4 Å². The minimum absolute atomic E-state index is 0.158. The number of ether oxygens (including phenoxy) is 1. The molecule has 2 heterocycles. The Morgan fingerprint density at radius 2 is 2.15 bits per heavy atom. The van der Waals surface area contributed by atoms with Crippen molar-refractivity contribution in [2.24, 2.45) is 5.41 Å². The van der Waals surface area contributed by atoms with Crippen LogP contribution < -0.4 is 5.32 Å². The van der Waals surface area contributed by atoms with Crippen LogP contribution in [-0.2, 0) is 14.3 Å². The fourth-order valence-corrected chi connectivity index (χ4v) is 2.33. The maximum atomic E-state index is 11.9. The third-order valence-electron chi connectivity index (χ3n) is 3.94. The predicted octanol–water partition coefficient (Wildman–Crippen LogP) is 1.02. The van der Waals surface area contributed by atoms with Crippen molar-refractivity contribution in [2.45, 2.75) is 26.2 Å². The molecular formula is C14H16N2O4. The van der Waals surface area contributed by atoms with Crippen molar-refractivity contribution in [1.82, 2.24) is 10.3 Å². The highest BCUT2D eigenvalue weighted by atomic mass is 16.5. The minimum Gasteiger partial charge on any atom is -0.464 e. The summed E-state index contributed by atoms with van der Waals surface area (Å²) in [5.74, 6) is -1.23. The molecule has 106 valence electrons. The Morgan fingerprint density at radius 1 is 1.45 bits per heavy atom. The Balaban J connectivity index is 2.25. The molecule has 0 saturated carbocycles. The molecule has 1 aliphatic heterocycles. The second-order valence-corrected chi connectivity index (χ2v) is 5.16. The fraction of sp³-hybridized carbons (Fsp3) is 0.429. The smallest absolute Gasteiger partial charge is 0.356 e. The topological polar surface area (TPSA) is 85.4 Å². The van der Waals surface area contributed by atoms with Crippen LogP contribution in [0.2, 0.25) is 0 Å². The summed E-state index contributed by atoms with van der Waals surface area (Å²) in [5.41, 5.74) is 0.219. The molecule has 1 aromatic heterocycles. The van der Waals surface area contributed by atoms with Crippen LogP contribution >= 0.6 is 0 Å². The number of hydrogen-bond acceptors (Lipinski definition) is 5. The SMILES string of the molecule is COC(=O)c1ccc([C@@H](C)[C@]2(C)CC(=O)NC2=O)cn1. The van der Waals surface area contributed by atoms with Crippen LogP contribution in [0.15, 0.2) is 18.3 Å². The number of esters is 1. The van der Waals surface area contributed by atoms with Gasteiger partial charge in [-0.1, -0.05) is 13.0 Å². The van der Waals surface area contributed by atoms with Crippen molar-refractivity contribution in [1.29, 1.82) is 0 Å². The van der Waals surface area contributed by atoms with Gasteiger partial charge in [0, 0.05) is 12.6 Å². The first-order chi connectivity index (χ1) is 9.38. The zero-order chi connectivity index (χ0) is 14.9. The molecule has 1 N–H and O–H groups in total.